The molecule has 1 aliphatic rings. The van der Waals surface area contributed by atoms with Gasteiger partial charge < -0.3 is 24.2 Å². The maximum Gasteiger partial charge on any atom is 0.243 e. The average Bonchev–Trinajstić information content (AvgIpc) is 3.57. The third-order valence-corrected chi connectivity index (χ3v) is 9.27. The predicted octanol–water partition coefficient (Wildman–Crippen LogP) is 6.24. The molecule has 1 unspecified atom stereocenters. The highest BCUT2D eigenvalue weighted by atomic mass is 16.7. The molecule has 2 heterocycles. The van der Waals surface area contributed by atoms with Crippen LogP contribution in [0, 0.1) is 29.6 Å². The molecule has 10 heteroatoms. The SMILES string of the molecule is CC.CC[C@@H](C)[C@H](/C=C(\C)C(=O)[C@H](C)C[C@H](C)[C@H](O[C@H]1C[C@@H](N(C)C)C[C@@H](C)O1)[C@@H](C)C(=O)[C@@H](C)C(C)=O)OC(O)n1ccnc1. The Morgan fingerprint density at radius 2 is 1.72 bits per heavy atom. The van der Waals surface area contributed by atoms with E-state index in [0.717, 1.165) is 12.8 Å². The van der Waals surface area contributed by atoms with Gasteiger partial charge in [-0.25, -0.2) is 4.98 Å². The minimum atomic E-state index is -1.22. The molecule has 1 aromatic heterocycles. The molecule has 1 saturated heterocycles. The number of rotatable bonds is 18. The molecule has 0 amide bonds. The van der Waals surface area contributed by atoms with E-state index in [-0.39, 0.29) is 47.2 Å². The summed E-state index contributed by atoms with van der Waals surface area (Å²) in [6, 6.07) is 0.281. The van der Waals surface area contributed by atoms with Crippen LogP contribution in [0.4, 0.5) is 0 Å². The fraction of sp³-hybridized carbons (Fsp3) is 0.778. The molecule has 2 rings (SSSR count). The van der Waals surface area contributed by atoms with E-state index in [1.54, 1.807) is 32.3 Å². The van der Waals surface area contributed by atoms with E-state index in [0.29, 0.717) is 18.4 Å². The monoisotopic (exact) mass is 649 g/mol. The Balaban J connectivity index is 0.00000518. The number of imidazole rings is 1. The summed E-state index contributed by atoms with van der Waals surface area (Å²) in [5, 5.41) is 10.5. The van der Waals surface area contributed by atoms with Crippen molar-refractivity contribution in [2.24, 2.45) is 29.6 Å². The van der Waals surface area contributed by atoms with Crippen LogP contribution in [0.25, 0.3) is 0 Å². The number of aliphatic hydroxyl groups is 1. The number of nitrogens with zero attached hydrogens (tertiary/aromatic N) is 3. The highest BCUT2D eigenvalue weighted by Gasteiger charge is 2.39. The summed E-state index contributed by atoms with van der Waals surface area (Å²) in [4.78, 5) is 45.2. The van der Waals surface area contributed by atoms with E-state index in [2.05, 4.69) is 9.88 Å². The van der Waals surface area contributed by atoms with Gasteiger partial charge in [0.25, 0.3) is 0 Å². The summed E-state index contributed by atoms with van der Waals surface area (Å²) in [7, 11) is 4.08. The second-order valence-corrected chi connectivity index (χ2v) is 13.2. The number of aromatic nitrogens is 2. The number of allylic oxidation sites excluding steroid dienone is 1. The van der Waals surface area contributed by atoms with Crippen LogP contribution in [-0.2, 0) is 28.6 Å². The molecule has 0 radical (unpaired) electrons. The lowest BCUT2D eigenvalue weighted by Gasteiger charge is -2.40. The number of aliphatic hydroxyl groups excluding tert-OH is 1. The van der Waals surface area contributed by atoms with Gasteiger partial charge in [-0.3, -0.25) is 19.0 Å². The first kappa shape index (κ1) is 41.8. The smallest absolute Gasteiger partial charge is 0.243 e. The molecule has 1 N–H and O–H groups in total. The van der Waals surface area contributed by atoms with Crippen molar-refractivity contribution in [1.29, 1.82) is 0 Å². The molecule has 264 valence electrons. The highest BCUT2D eigenvalue weighted by molar-refractivity contribution is 6.02. The highest BCUT2D eigenvalue weighted by Crippen LogP contribution is 2.32. The number of Topliss-reactive ketones (excluding diaryl/α,β-unsaturated/α-hetero) is 3. The fourth-order valence-electron chi connectivity index (χ4n) is 5.95. The van der Waals surface area contributed by atoms with Crippen LogP contribution >= 0.6 is 0 Å². The van der Waals surface area contributed by atoms with Crippen LogP contribution in [0.3, 0.4) is 0 Å². The van der Waals surface area contributed by atoms with Crippen molar-refractivity contribution in [3.05, 3.63) is 30.4 Å². The van der Waals surface area contributed by atoms with Crippen LogP contribution in [0.15, 0.2) is 30.4 Å². The van der Waals surface area contributed by atoms with Gasteiger partial charge in [0.05, 0.1) is 30.6 Å². The quantitative estimate of drug-likeness (QED) is 0.112. The summed E-state index contributed by atoms with van der Waals surface area (Å²) in [6.07, 6.45) is 6.55. The predicted molar refractivity (Wildman–Crippen MR) is 181 cm³/mol. The Morgan fingerprint density at radius 3 is 2.24 bits per heavy atom. The van der Waals surface area contributed by atoms with Gasteiger partial charge in [-0.2, -0.15) is 0 Å². The van der Waals surface area contributed by atoms with Gasteiger partial charge in [-0.15, -0.1) is 0 Å². The largest absolute Gasteiger partial charge is 0.351 e. The molecular weight excluding hydrogens is 586 g/mol. The van der Waals surface area contributed by atoms with E-state index in [9.17, 15) is 19.5 Å². The summed E-state index contributed by atoms with van der Waals surface area (Å²) < 4.78 is 20.1. The van der Waals surface area contributed by atoms with Crippen molar-refractivity contribution < 1.29 is 33.7 Å². The molecule has 0 aromatic carbocycles. The Hall–Kier alpha value is -2.24. The molecular formula is C36H63N3O7. The summed E-state index contributed by atoms with van der Waals surface area (Å²) in [6.45, 7) is 20.6. The normalized spacial score (nSPS) is 24.1. The lowest BCUT2D eigenvalue weighted by Crippen LogP contribution is -2.47. The first-order valence-corrected chi connectivity index (χ1v) is 17.1. The summed E-state index contributed by atoms with van der Waals surface area (Å²) >= 11 is 0. The minimum Gasteiger partial charge on any atom is -0.351 e. The fourth-order valence-corrected chi connectivity index (χ4v) is 5.95. The zero-order valence-corrected chi connectivity index (χ0v) is 30.7. The third kappa shape index (κ3) is 12.4. The number of carbonyl (C=O) groups is 3. The Bertz CT molecular complexity index is 1090. The van der Waals surface area contributed by atoms with E-state index >= 15 is 0 Å². The van der Waals surface area contributed by atoms with E-state index in [1.807, 2.05) is 69.5 Å². The first-order chi connectivity index (χ1) is 21.6. The van der Waals surface area contributed by atoms with E-state index < -0.39 is 36.7 Å². The van der Waals surface area contributed by atoms with Crippen LogP contribution in [0.2, 0.25) is 0 Å². The van der Waals surface area contributed by atoms with Crippen molar-refractivity contribution in [3.8, 4) is 0 Å². The third-order valence-electron chi connectivity index (χ3n) is 9.27. The van der Waals surface area contributed by atoms with Gasteiger partial charge in [0, 0.05) is 36.7 Å². The Kier molecular flexibility index (Phi) is 18.3. The minimum absolute atomic E-state index is 0.000478. The van der Waals surface area contributed by atoms with Crippen LogP contribution in [-0.4, -0.2) is 81.6 Å². The molecule has 10 nitrogen and oxygen atoms in total. The van der Waals surface area contributed by atoms with Crippen molar-refractivity contribution in [1.82, 2.24) is 14.5 Å². The van der Waals surface area contributed by atoms with Crippen LogP contribution in [0.5, 0.6) is 0 Å². The maximum atomic E-state index is 13.6. The standard InChI is InChI=1S/C34H57N3O7.C2H6/c1-12-20(2)29(43-34(41)37-14-13-35-19-37)16-22(4)31(39)21(3)15-23(5)33(26(8)32(40)25(7)27(9)38)44-30-18-28(36(10)11)17-24(6)42-30;1-2/h13-14,16,19-21,23-26,28-30,33-34,41H,12,15,17-18H2,1-11H3;1-2H3/b22-16+;/t20-,21-,23+,24-,25+,26+,28+,29+,30+,33+,34?;/m1./s1. The van der Waals surface area contributed by atoms with Crippen LogP contribution < -0.4 is 0 Å². The molecule has 0 spiro atoms. The molecule has 0 bridgehead atoms. The molecule has 1 aliphatic heterocycles. The topological polar surface area (TPSA) is 120 Å². The van der Waals surface area contributed by atoms with Crippen molar-refractivity contribution in [2.45, 2.75) is 139 Å². The molecule has 46 heavy (non-hydrogen) atoms. The lowest BCUT2D eigenvalue weighted by atomic mass is 9.80. The van der Waals surface area contributed by atoms with Gasteiger partial charge in [0.2, 0.25) is 6.41 Å². The van der Waals surface area contributed by atoms with Gasteiger partial charge in [-0.05, 0) is 78.1 Å². The molecule has 0 aliphatic carbocycles. The number of hydrogen-bond acceptors (Lipinski definition) is 9. The first-order valence-electron chi connectivity index (χ1n) is 17.1. The van der Waals surface area contributed by atoms with Gasteiger partial charge in [0.15, 0.2) is 12.1 Å². The molecule has 1 fully saturated rings. The second-order valence-electron chi connectivity index (χ2n) is 13.2. The van der Waals surface area contributed by atoms with Gasteiger partial charge in [0.1, 0.15) is 11.6 Å². The summed E-state index contributed by atoms with van der Waals surface area (Å²) in [5.41, 5.74) is 0.554. The number of carbonyl (C=O) groups excluding carboxylic acids is 3. The van der Waals surface area contributed by atoms with Gasteiger partial charge in [-0.1, -0.05) is 54.9 Å². The Morgan fingerprint density at radius 1 is 1.09 bits per heavy atom. The number of ketones is 3. The molecule has 11 atom stereocenters. The number of hydrogen-bond donors (Lipinski definition) is 1. The zero-order valence-electron chi connectivity index (χ0n) is 30.7. The van der Waals surface area contributed by atoms with Crippen molar-refractivity contribution >= 4 is 17.3 Å². The maximum absolute atomic E-state index is 13.6. The van der Waals surface area contributed by atoms with Gasteiger partial charge >= 0.3 is 0 Å². The van der Waals surface area contributed by atoms with Crippen molar-refractivity contribution in [3.63, 3.8) is 0 Å². The lowest BCUT2D eigenvalue weighted by molar-refractivity contribution is -0.236. The summed E-state index contributed by atoms with van der Waals surface area (Å²) in [5.74, 6) is -2.15. The van der Waals surface area contributed by atoms with E-state index in [4.69, 9.17) is 14.2 Å². The molecule has 1 aromatic rings. The second kappa shape index (κ2) is 20.2. The van der Waals surface area contributed by atoms with E-state index in [1.165, 1.54) is 17.8 Å². The molecule has 0 saturated carbocycles. The Labute approximate surface area is 278 Å². The number of ether oxygens (including phenoxy) is 3. The van der Waals surface area contributed by atoms with Crippen LogP contribution in [0.1, 0.15) is 108 Å². The zero-order chi connectivity index (χ0) is 35.3. The average molecular weight is 650 g/mol. The van der Waals surface area contributed by atoms with Crippen molar-refractivity contribution in [2.75, 3.05) is 14.1 Å².